The highest BCUT2D eigenvalue weighted by molar-refractivity contribution is 6.31. The Bertz CT molecular complexity index is 584. The zero-order valence-corrected chi connectivity index (χ0v) is 11.3. The Kier molecular flexibility index (Phi) is 4.51. The van der Waals surface area contributed by atoms with Crippen molar-refractivity contribution in [2.45, 2.75) is 13.5 Å². The minimum Gasteiger partial charge on any atom is -0.313 e. The van der Waals surface area contributed by atoms with Gasteiger partial charge >= 0.3 is 0 Å². The van der Waals surface area contributed by atoms with Gasteiger partial charge in [0.15, 0.2) is 0 Å². The minimum absolute atomic E-state index is 0.371. The summed E-state index contributed by atoms with van der Waals surface area (Å²) in [5, 5.41) is 3.80. The van der Waals surface area contributed by atoms with E-state index in [-0.39, 0.29) is 0 Å². The molecule has 2 aromatic rings. The number of halogens is 3. The highest BCUT2D eigenvalue weighted by atomic mass is 35.5. The molecule has 2 rings (SSSR count). The maximum absolute atomic E-state index is 13.7. The molecule has 0 aliphatic heterocycles. The lowest BCUT2D eigenvalue weighted by atomic mass is 10.0. The summed E-state index contributed by atoms with van der Waals surface area (Å²) >= 11 is 6.09. The van der Waals surface area contributed by atoms with Crippen LogP contribution in [0.3, 0.4) is 0 Å². The second-order valence-electron chi connectivity index (χ2n) is 4.21. The molecule has 0 radical (unpaired) electrons. The quantitative estimate of drug-likeness (QED) is 0.876. The van der Waals surface area contributed by atoms with Crippen molar-refractivity contribution in [3.05, 3.63) is 58.6 Å². The molecule has 0 aromatic heterocycles. The Hall–Kier alpha value is -1.45. The van der Waals surface area contributed by atoms with Gasteiger partial charge in [0.05, 0.1) is 0 Å². The molecule has 0 aliphatic carbocycles. The Morgan fingerprint density at radius 2 is 1.89 bits per heavy atom. The van der Waals surface area contributed by atoms with Crippen molar-refractivity contribution in [2.75, 3.05) is 6.54 Å². The fourth-order valence-corrected chi connectivity index (χ4v) is 2.05. The van der Waals surface area contributed by atoms with Crippen LogP contribution in [-0.2, 0) is 6.54 Å². The number of hydrogen-bond donors (Lipinski definition) is 1. The standard InChI is InChI=1S/C15H14ClF2N/c1-2-19-9-11-7-10(3-6-14(11)16)13-5-4-12(17)8-15(13)18/h3-8,19H,2,9H2,1H3. The molecule has 0 saturated heterocycles. The predicted molar refractivity (Wildman–Crippen MR) is 74.2 cm³/mol. The van der Waals surface area contributed by atoms with Gasteiger partial charge in [-0.1, -0.05) is 24.6 Å². The molecule has 0 bridgehead atoms. The molecular formula is C15H14ClF2N. The lowest BCUT2D eigenvalue weighted by molar-refractivity contribution is 0.585. The fraction of sp³-hybridized carbons (Fsp3) is 0.200. The predicted octanol–water partition coefficient (Wildman–Crippen LogP) is 4.39. The maximum atomic E-state index is 13.7. The molecule has 4 heteroatoms. The molecule has 100 valence electrons. The Labute approximate surface area is 116 Å². The van der Waals surface area contributed by atoms with Crippen LogP contribution in [0, 0.1) is 11.6 Å². The molecular weight excluding hydrogens is 268 g/mol. The molecule has 0 atom stereocenters. The van der Waals surface area contributed by atoms with E-state index in [2.05, 4.69) is 5.32 Å². The molecule has 0 amide bonds. The first-order chi connectivity index (χ1) is 9.11. The molecule has 0 spiro atoms. The van der Waals surface area contributed by atoms with Crippen LogP contribution in [0.25, 0.3) is 11.1 Å². The van der Waals surface area contributed by atoms with Gasteiger partial charge in [-0.05, 0) is 41.9 Å². The third-order valence-electron chi connectivity index (χ3n) is 2.85. The van der Waals surface area contributed by atoms with Crippen LogP contribution in [0.1, 0.15) is 12.5 Å². The topological polar surface area (TPSA) is 12.0 Å². The van der Waals surface area contributed by atoms with E-state index in [4.69, 9.17) is 11.6 Å². The van der Waals surface area contributed by atoms with Crippen LogP contribution >= 0.6 is 11.6 Å². The monoisotopic (exact) mass is 281 g/mol. The van der Waals surface area contributed by atoms with Gasteiger partial charge in [0, 0.05) is 23.2 Å². The average molecular weight is 282 g/mol. The van der Waals surface area contributed by atoms with Crippen LogP contribution in [0.4, 0.5) is 8.78 Å². The van der Waals surface area contributed by atoms with Gasteiger partial charge in [-0.25, -0.2) is 8.78 Å². The first-order valence-electron chi connectivity index (χ1n) is 6.06. The second kappa shape index (κ2) is 6.13. The molecule has 19 heavy (non-hydrogen) atoms. The van der Waals surface area contributed by atoms with E-state index in [1.54, 1.807) is 12.1 Å². The van der Waals surface area contributed by atoms with Gasteiger partial charge in [-0.15, -0.1) is 0 Å². The molecule has 1 N–H and O–H groups in total. The summed E-state index contributed by atoms with van der Waals surface area (Å²) in [4.78, 5) is 0. The van der Waals surface area contributed by atoms with Crippen LogP contribution < -0.4 is 5.32 Å². The molecule has 0 heterocycles. The third-order valence-corrected chi connectivity index (χ3v) is 3.22. The maximum Gasteiger partial charge on any atom is 0.133 e. The minimum atomic E-state index is -0.580. The van der Waals surface area contributed by atoms with E-state index in [9.17, 15) is 8.78 Å². The molecule has 1 nitrogen and oxygen atoms in total. The van der Waals surface area contributed by atoms with E-state index in [1.165, 1.54) is 12.1 Å². The van der Waals surface area contributed by atoms with Crippen LogP contribution in [0.2, 0.25) is 5.02 Å². The Balaban J connectivity index is 2.39. The van der Waals surface area contributed by atoms with Crippen molar-refractivity contribution in [3.63, 3.8) is 0 Å². The van der Waals surface area contributed by atoms with E-state index >= 15 is 0 Å². The van der Waals surface area contributed by atoms with Gasteiger partial charge in [-0.2, -0.15) is 0 Å². The average Bonchev–Trinajstić information content (AvgIpc) is 2.38. The smallest absolute Gasteiger partial charge is 0.133 e. The summed E-state index contributed by atoms with van der Waals surface area (Å²) in [6.45, 7) is 3.44. The highest BCUT2D eigenvalue weighted by Gasteiger charge is 2.08. The van der Waals surface area contributed by atoms with Crippen LogP contribution in [-0.4, -0.2) is 6.54 Å². The number of benzene rings is 2. The summed E-state index contributed by atoms with van der Waals surface area (Å²) in [5.74, 6) is -1.15. The summed E-state index contributed by atoms with van der Waals surface area (Å²) in [6.07, 6.45) is 0. The first-order valence-corrected chi connectivity index (χ1v) is 6.44. The van der Waals surface area contributed by atoms with E-state index in [0.29, 0.717) is 22.7 Å². The van der Waals surface area contributed by atoms with E-state index in [1.807, 2.05) is 13.0 Å². The highest BCUT2D eigenvalue weighted by Crippen LogP contribution is 2.27. The largest absolute Gasteiger partial charge is 0.313 e. The summed E-state index contributed by atoms with van der Waals surface area (Å²) in [6, 6.07) is 8.84. The summed E-state index contributed by atoms with van der Waals surface area (Å²) < 4.78 is 26.6. The van der Waals surface area contributed by atoms with Crippen LogP contribution in [0.15, 0.2) is 36.4 Å². The molecule has 0 aliphatic rings. The molecule has 2 aromatic carbocycles. The lowest BCUT2D eigenvalue weighted by Crippen LogP contribution is -2.12. The zero-order chi connectivity index (χ0) is 13.8. The van der Waals surface area contributed by atoms with Crippen molar-refractivity contribution in [1.82, 2.24) is 5.32 Å². The van der Waals surface area contributed by atoms with Gasteiger partial charge < -0.3 is 5.32 Å². The Morgan fingerprint density at radius 3 is 2.58 bits per heavy atom. The third kappa shape index (κ3) is 3.31. The van der Waals surface area contributed by atoms with Gasteiger partial charge in [-0.3, -0.25) is 0 Å². The summed E-state index contributed by atoms with van der Waals surface area (Å²) in [7, 11) is 0. The molecule has 0 unspecified atom stereocenters. The molecule has 0 fully saturated rings. The normalized spacial score (nSPS) is 10.7. The fourth-order valence-electron chi connectivity index (χ4n) is 1.86. The van der Waals surface area contributed by atoms with Gasteiger partial charge in [0.2, 0.25) is 0 Å². The number of nitrogens with one attached hydrogen (secondary N) is 1. The Morgan fingerprint density at radius 1 is 1.11 bits per heavy atom. The van der Waals surface area contributed by atoms with Crippen molar-refractivity contribution >= 4 is 11.6 Å². The van der Waals surface area contributed by atoms with E-state index < -0.39 is 11.6 Å². The van der Waals surface area contributed by atoms with Crippen LogP contribution in [0.5, 0.6) is 0 Å². The zero-order valence-electron chi connectivity index (χ0n) is 10.5. The first kappa shape index (κ1) is 14.0. The molecule has 0 saturated carbocycles. The SMILES string of the molecule is CCNCc1cc(-c2ccc(F)cc2F)ccc1Cl. The summed E-state index contributed by atoms with van der Waals surface area (Å²) in [5.41, 5.74) is 1.95. The van der Waals surface area contributed by atoms with Gasteiger partial charge in [0.25, 0.3) is 0 Å². The number of hydrogen-bond acceptors (Lipinski definition) is 1. The number of rotatable bonds is 4. The van der Waals surface area contributed by atoms with Crippen molar-refractivity contribution in [1.29, 1.82) is 0 Å². The van der Waals surface area contributed by atoms with E-state index in [0.717, 1.165) is 18.2 Å². The lowest BCUT2D eigenvalue weighted by Gasteiger charge is -2.09. The van der Waals surface area contributed by atoms with Gasteiger partial charge in [0.1, 0.15) is 11.6 Å². The van der Waals surface area contributed by atoms with Crippen molar-refractivity contribution in [3.8, 4) is 11.1 Å². The second-order valence-corrected chi connectivity index (χ2v) is 4.62. The van der Waals surface area contributed by atoms with Crippen molar-refractivity contribution < 1.29 is 8.78 Å². The van der Waals surface area contributed by atoms with Crippen molar-refractivity contribution in [2.24, 2.45) is 0 Å².